The standard InChI is InChI=1S/C26H34N2O3S/c1-18-9-7-10-19(2)22(18)32(30,31)13-20-11-8-12-21(27-20)23(29)28-17-25(5)14-24(3,4)15-26(28,6)16-25/h7-12H,13-17H2,1-6H3/t25-,26+/m0/s1. The summed E-state index contributed by atoms with van der Waals surface area (Å²) in [4.78, 5) is 20.4. The van der Waals surface area contributed by atoms with Gasteiger partial charge in [0.25, 0.3) is 5.91 Å². The van der Waals surface area contributed by atoms with E-state index in [0.717, 1.165) is 36.9 Å². The molecule has 1 aliphatic heterocycles. The summed E-state index contributed by atoms with van der Waals surface area (Å²) in [6.07, 6.45) is 3.05. The van der Waals surface area contributed by atoms with E-state index in [1.165, 1.54) is 0 Å². The number of aromatic nitrogens is 1. The van der Waals surface area contributed by atoms with Crippen LogP contribution in [0.15, 0.2) is 41.3 Å². The molecular formula is C26H34N2O3S. The molecule has 0 unspecified atom stereocenters. The summed E-state index contributed by atoms with van der Waals surface area (Å²) in [6.45, 7) is 13.4. The topological polar surface area (TPSA) is 67.3 Å². The Morgan fingerprint density at radius 1 is 0.969 bits per heavy atom. The van der Waals surface area contributed by atoms with Gasteiger partial charge in [-0.05, 0) is 74.1 Å². The molecule has 1 aliphatic carbocycles. The summed E-state index contributed by atoms with van der Waals surface area (Å²) < 4.78 is 26.3. The molecule has 2 heterocycles. The van der Waals surface area contributed by atoms with Crippen LogP contribution >= 0.6 is 0 Å². The Morgan fingerprint density at radius 3 is 2.25 bits per heavy atom. The number of amides is 1. The minimum atomic E-state index is -3.58. The molecule has 5 nitrogen and oxygen atoms in total. The lowest BCUT2D eigenvalue weighted by Gasteiger charge is -2.45. The predicted molar refractivity (Wildman–Crippen MR) is 126 cm³/mol. The molecule has 1 saturated heterocycles. The van der Waals surface area contributed by atoms with Crippen molar-refractivity contribution in [1.82, 2.24) is 9.88 Å². The van der Waals surface area contributed by atoms with Gasteiger partial charge in [-0.25, -0.2) is 13.4 Å². The zero-order valence-electron chi connectivity index (χ0n) is 20.0. The Bertz CT molecular complexity index is 1170. The van der Waals surface area contributed by atoms with Crippen LogP contribution in [0.1, 0.15) is 74.3 Å². The minimum Gasteiger partial charge on any atom is -0.331 e. The number of pyridine rings is 1. The lowest BCUT2D eigenvalue weighted by Crippen LogP contribution is -2.48. The summed E-state index contributed by atoms with van der Waals surface area (Å²) in [5.41, 5.74) is 2.28. The Kier molecular flexibility index (Phi) is 5.32. The third-order valence-electron chi connectivity index (χ3n) is 7.09. The number of likely N-dealkylation sites (tertiary alicyclic amines) is 1. The third-order valence-corrected chi connectivity index (χ3v) is 9.03. The molecule has 2 atom stereocenters. The van der Waals surface area contributed by atoms with E-state index in [0.29, 0.717) is 16.3 Å². The summed E-state index contributed by atoms with van der Waals surface area (Å²) in [5, 5.41) is 0. The molecule has 1 saturated carbocycles. The van der Waals surface area contributed by atoms with Gasteiger partial charge in [0.15, 0.2) is 9.84 Å². The normalized spacial score (nSPS) is 26.9. The number of carbonyl (C=O) groups excluding carboxylic acids is 1. The molecule has 0 N–H and O–H groups in total. The van der Waals surface area contributed by atoms with Gasteiger partial charge in [-0.3, -0.25) is 4.79 Å². The van der Waals surface area contributed by atoms with Crippen molar-refractivity contribution in [3.63, 3.8) is 0 Å². The van der Waals surface area contributed by atoms with E-state index in [-0.39, 0.29) is 28.0 Å². The summed E-state index contributed by atoms with van der Waals surface area (Å²) >= 11 is 0. The quantitative estimate of drug-likeness (QED) is 0.644. The lowest BCUT2D eigenvalue weighted by molar-refractivity contribution is 0.0464. The number of carbonyl (C=O) groups is 1. The van der Waals surface area contributed by atoms with E-state index in [1.807, 2.05) is 11.0 Å². The van der Waals surface area contributed by atoms with Crippen molar-refractivity contribution in [2.45, 2.75) is 77.0 Å². The van der Waals surface area contributed by atoms with Crippen molar-refractivity contribution in [3.8, 4) is 0 Å². The first-order valence-corrected chi connectivity index (χ1v) is 13.0. The predicted octanol–water partition coefficient (Wildman–Crippen LogP) is 5.10. The molecule has 6 heteroatoms. The Hall–Kier alpha value is -2.21. The number of rotatable bonds is 4. The Labute approximate surface area is 192 Å². The van der Waals surface area contributed by atoms with Gasteiger partial charge in [0.05, 0.1) is 16.3 Å². The van der Waals surface area contributed by atoms with Crippen molar-refractivity contribution >= 4 is 15.7 Å². The van der Waals surface area contributed by atoms with E-state index in [9.17, 15) is 13.2 Å². The van der Waals surface area contributed by atoms with Gasteiger partial charge in [-0.15, -0.1) is 0 Å². The molecule has 0 spiro atoms. The maximum absolute atomic E-state index is 13.6. The highest BCUT2D eigenvalue weighted by molar-refractivity contribution is 7.90. The average molecular weight is 455 g/mol. The van der Waals surface area contributed by atoms with Gasteiger partial charge >= 0.3 is 0 Å². The van der Waals surface area contributed by atoms with E-state index in [4.69, 9.17) is 0 Å². The van der Waals surface area contributed by atoms with Gasteiger partial charge < -0.3 is 4.90 Å². The molecule has 1 aromatic heterocycles. The molecule has 2 bridgehead atoms. The maximum Gasteiger partial charge on any atom is 0.272 e. The van der Waals surface area contributed by atoms with Gasteiger partial charge in [0.1, 0.15) is 5.69 Å². The number of sulfone groups is 1. The van der Waals surface area contributed by atoms with Crippen LogP contribution in [0, 0.1) is 24.7 Å². The second-order valence-electron chi connectivity index (χ2n) is 11.4. The first-order valence-electron chi connectivity index (χ1n) is 11.3. The summed E-state index contributed by atoms with van der Waals surface area (Å²) in [5.74, 6) is -0.317. The van der Waals surface area contributed by atoms with Crippen molar-refractivity contribution in [1.29, 1.82) is 0 Å². The highest BCUT2D eigenvalue weighted by atomic mass is 32.2. The van der Waals surface area contributed by atoms with Crippen LogP contribution in [-0.4, -0.2) is 36.3 Å². The van der Waals surface area contributed by atoms with Crippen LogP contribution in [0.2, 0.25) is 0 Å². The second-order valence-corrected chi connectivity index (χ2v) is 13.3. The first-order chi connectivity index (χ1) is 14.7. The van der Waals surface area contributed by atoms with Gasteiger partial charge in [-0.2, -0.15) is 0 Å². The zero-order chi connectivity index (χ0) is 23.5. The highest BCUT2D eigenvalue weighted by Gasteiger charge is 2.57. The van der Waals surface area contributed by atoms with Crippen molar-refractivity contribution in [2.75, 3.05) is 6.54 Å². The second kappa shape index (κ2) is 7.41. The molecule has 32 heavy (non-hydrogen) atoms. The van der Waals surface area contributed by atoms with Crippen LogP contribution in [0.4, 0.5) is 0 Å². The Balaban J connectivity index is 1.62. The number of hydrogen-bond acceptors (Lipinski definition) is 4. The molecular weight excluding hydrogens is 420 g/mol. The van der Waals surface area contributed by atoms with E-state index < -0.39 is 9.84 Å². The van der Waals surface area contributed by atoms with Gasteiger partial charge in [-0.1, -0.05) is 45.0 Å². The fourth-order valence-electron chi connectivity index (χ4n) is 6.86. The third kappa shape index (κ3) is 4.09. The number of benzene rings is 1. The van der Waals surface area contributed by atoms with Crippen molar-refractivity contribution in [2.24, 2.45) is 10.8 Å². The van der Waals surface area contributed by atoms with E-state index in [1.54, 1.807) is 44.2 Å². The van der Waals surface area contributed by atoms with Crippen molar-refractivity contribution in [3.05, 3.63) is 58.9 Å². The van der Waals surface area contributed by atoms with Crippen LogP contribution in [0.5, 0.6) is 0 Å². The maximum atomic E-state index is 13.6. The fourth-order valence-corrected chi connectivity index (χ4v) is 8.67. The monoisotopic (exact) mass is 454 g/mol. The SMILES string of the molecule is Cc1cccc(C)c1S(=O)(=O)Cc1cccc(C(=O)N2C[C@@]3(C)CC(C)(C)C[C@]2(C)C3)n1. The molecule has 4 rings (SSSR count). The molecule has 172 valence electrons. The average Bonchev–Trinajstić information content (AvgIpc) is 2.84. The summed E-state index contributed by atoms with van der Waals surface area (Å²) in [6, 6.07) is 10.6. The van der Waals surface area contributed by atoms with E-state index in [2.05, 4.69) is 32.7 Å². The van der Waals surface area contributed by atoms with Crippen molar-refractivity contribution < 1.29 is 13.2 Å². The smallest absolute Gasteiger partial charge is 0.272 e. The van der Waals surface area contributed by atoms with Crippen LogP contribution in [-0.2, 0) is 15.6 Å². The summed E-state index contributed by atoms with van der Waals surface area (Å²) in [7, 11) is -3.58. The molecule has 2 aliphatic rings. The molecule has 1 amide bonds. The number of hydrogen-bond donors (Lipinski definition) is 0. The highest BCUT2D eigenvalue weighted by Crippen LogP contribution is 2.57. The molecule has 2 aromatic rings. The fraction of sp³-hybridized carbons (Fsp3) is 0.538. The van der Waals surface area contributed by atoms with Gasteiger partial charge in [0, 0.05) is 12.1 Å². The van der Waals surface area contributed by atoms with Crippen LogP contribution in [0.3, 0.4) is 0 Å². The van der Waals surface area contributed by atoms with Crippen LogP contribution < -0.4 is 0 Å². The molecule has 2 fully saturated rings. The number of fused-ring (bicyclic) bond motifs is 2. The number of aryl methyl sites for hydroxylation is 2. The zero-order valence-corrected chi connectivity index (χ0v) is 20.8. The lowest BCUT2D eigenvalue weighted by atomic mass is 9.61. The molecule has 1 aromatic carbocycles. The Morgan fingerprint density at radius 2 is 1.59 bits per heavy atom. The largest absolute Gasteiger partial charge is 0.331 e. The number of nitrogens with zero attached hydrogens (tertiary/aromatic N) is 2. The van der Waals surface area contributed by atoms with E-state index >= 15 is 0 Å². The molecule has 0 radical (unpaired) electrons. The first kappa shape index (κ1) is 23.0. The van der Waals surface area contributed by atoms with Gasteiger partial charge in [0.2, 0.25) is 0 Å². The van der Waals surface area contributed by atoms with Crippen LogP contribution in [0.25, 0.3) is 0 Å². The minimum absolute atomic E-state index is 0.0970.